The van der Waals surface area contributed by atoms with Gasteiger partial charge in [0, 0.05) is 17.0 Å². The number of hydrogen-bond donors (Lipinski definition) is 0. The van der Waals surface area contributed by atoms with Crippen LogP contribution in [0.15, 0.2) is 47.6 Å². The van der Waals surface area contributed by atoms with Crippen molar-refractivity contribution in [3.8, 4) is 0 Å². The molecular formula is C12H7N2NaO3S. The normalized spacial score (nSPS) is 11.4. The van der Waals surface area contributed by atoms with Crippen LogP contribution in [0.2, 0.25) is 0 Å². The number of hydrogen-bond acceptors (Lipinski definition) is 5. The van der Waals surface area contributed by atoms with Gasteiger partial charge in [0.2, 0.25) is 0 Å². The third kappa shape index (κ3) is 2.63. The maximum absolute atomic E-state index is 11.0. The molecule has 3 aromatic rings. The average molecular weight is 282 g/mol. The van der Waals surface area contributed by atoms with Crippen molar-refractivity contribution in [2.24, 2.45) is 0 Å². The van der Waals surface area contributed by atoms with Crippen LogP contribution in [0.5, 0.6) is 0 Å². The molecule has 19 heavy (non-hydrogen) atoms. The summed E-state index contributed by atoms with van der Waals surface area (Å²) in [4.78, 5) is 8.09. The van der Waals surface area contributed by atoms with Crippen LogP contribution in [0.4, 0.5) is 0 Å². The van der Waals surface area contributed by atoms with E-state index in [2.05, 4.69) is 9.97 Å². The molecule has 0 aliphatic carbocycles. The monoisotopic (exact) mass is 282 g/mol. The molecule has 0 bridgehead atoms. The molecule has 0 radical (unpaired) electrons. The van der Waals surface area contributed by atoms with Gasteiger partial charge in [0.1, 0.15) is 15.1 Å². The van der Waals surface area contributed by atoms with Crippen molar-refractivity contribution in [2.45, 2.75) is 5.03 Å². The van der Waals surface area contributed by atoms with Crippen LogP contribution in [0.25, 0.3) is 21.8 Å². The third-order valence-electron chi connectivity index (χ3n) is 2.67. The number of fused-ring (bicyclic) bond motifs is 3. The van der Waals surface area contributed by atoms with Gasteiger partial charge in [-0.25, -0.2) is 13.4 Å². The standard InChI is InChI=1S/C12H8N2O3S.Na/c15-18(16,17)11-6-4-8-3-5-10-9(12(8)14-11)2-1-7-13-10;/h1-7H,(H,15,16,17);/q;+1/p-1. The molecule has 0 atom stereocenters. The molecular weight excluding hydrogens is 275 g/mol. The second kappa shape index (κ2) is 5.15. The van der Waals surface area contributed by atoms with Gasteiger partial charge in [-0.2, -0.15) is 0 Å². The zero-order chi connectivity index (χ0) is 12.8. The summed E-state index contributed by atoms with van der Waals surface area (Å²) in [6, 6.07) is 9.93. The van der Waals surface area contributed by atoms with Crippen LogP contribution in [0.3, 0.4) is 0 Å². The molecule has 7 heteroatoms. The third-order valence-corrected chi connectivity index (χ3v) is 3.41. The molecule has 2 heterocycles. The van der Waals surface area contributed by atoms with Crippen molar-refractivity contribution in [3.05, 3.63) is 42.6 Å². The Bertz CT molecular complexity index is 865. The molecule has 1 aromatic carbocycles. The van der Waals surface area contributed by atoms with Crippen molar-refractivity contribution in [1.29, 1.82) is 0 Å². The van der Waals surface area contributed by atoms with Crippen molar-refractivity contribution < 1.29 is 42.5 Å². The minimum atomic E-state index is -4.54. The molecule has 0 N–H and O–H groups in total. The fourth-order valence-corrected chi connectivity index (χ4v) is 2.30. The van der Waals surface area contributed by atoms with Crippen molar-refractivity contribution in [2.75, 3.05) is 0 Å². The predicted octanol–water partition coefficient (Wildman–Crippen LogP) is -1.31. The van der Waals surface area contributed by atoms with E-state index in [9.17, 15) is 13.0 Å². The van der Waals surface area contributed by atoms with Gasteiger partial charge in [-0.3, -0.25) is 4.98 Å². The molecule has 0 saturated heterocycles. The molecule has 0 fully saturated rings. The van der Waals surface area contributed by atoms with E-state index in [1.165, 1.54) is 6.07 Å². The van der Waals surface area contributed by atoms with E-state index < -0.39 is 15.1 Å². The molecule has 90 valence electrons. The summed E-state index contributed by atoms with van der Waals surface area (Å²) in [5.74, 6) is 0. The number of pyridine rings is 2. The van der Waals surface area contributed by atoms with E-state index in [0.717, 1.165) is 10.8 Å². The van der Waals surface area contributed by atoms with E-state index in [-0.39, 0.29) is 29.6 Å². The molecule has 0 spiro atoms. The van der Waals surface area contributed by atoms with Crippen LogP contribution in [0, 0.1) is 0 Å². The van der Waals surface area contributed by atoms with Gasteiger partial charge in [0.25, 0.3) is 0 Å². The Balaban J connectivity index is 0.00000133. The quantitative estimate of drug-likeness (QED) is 0.314. The molecule has 0 saturated carbocycles. The Kier molecular flexibility index (Phi) is 3.89. The number of benzene rings is 1. The Morgan fingerprint density at radius 3 is 2.53 bits per heavy atom. The molecule has 5 nitrogen and oxygen atoms in total. The van der Waals surface area contributed by atoms with Crippen LogP contribution in [-0.4, -0.2) is 22.9 Å². The van der Waals surface area contributed by atoms with E-state index in [0.29, 0.717) is 11.0 Å². The van der Waals surface area contributed by atoms with Gasteiger partial charge in [0.05, 0.1) is 11.0 Å². The fourth-order valence-electron chi connectivity index (χ4n) is 1.86. The topological polar surface area (TPSA) is 83.0 Å². The summed E-state index contributed by atoms with van der Waals surface area (Å²) in [6.07, 6.45) is 1.64. The summed E-state index contributed by atoms with van der Waals surface area (Å²) in [5, 5.41) is 1.02. The summed E-state index contributed by atoms with van der Waals surface area (Å²) >= 11 is 0. The first-order valence-electron chi connectivity index (χ1n) is 5.16. The average Bonchev–Trinajstić information content (AvgIpc) is 2.37. The molecule has 0 aliphatic heterocycles. The smallest absolute Gasteiger partial charge is 0.743 e. The van der Waals surface area contributed by atoms with Gasteiger partial charge in [-0.05, 0) is 30.3 Å². The van der Waals surface area contributed by atoms with Gasteiger partial charge >= 0.3 is 29.6 Å². The number of rotatable bonds is 1. The Morgan fingerprint density at radius 1 is 1.05 bits per heavy atom. The van der Waals surface area contributed by atoms with Gasteiger partial charge in [-0.15, -0.1) is 0 Å². The van der Waals surface area contributed by atoms with Gasteiger partial charge < -0.3 is 4.55 Å². The summed E-state index contributed by atoms with van der Waals surface area (Å²) < 4.78 is 32.9. The minimum absolute atomic E-state index is 0. The predicted molar refractivity (Wildman–Crippen MR) is 65.0 cm³/mol. The fraction of sp³-hybridized carbons (Fsp3) is 0. The number of nitrogens with zero attached hydrogens (tertiary/aromatic N) is 2. The minimum Gasteiger partial charge on any atom is -0.743 e. The SMILES string of the molecule is O=S(=O)([O-])c1ccc2ccc3ncccc3c2n1.[Na+]. The molecule has 0 unspecified atom stereocenters. The van der Waals surface area contributed by atoms with E-state index in [1.807, 2.05) is 6.07 Å². The first-order chi connectivity index (χ1) is 8.55. The summed E-state index contributed by atoms with van der Waals surface area (Å²) in [7, 11) is -4.54. The van der Waals surface area contributed by atoms with Gasteiger partial charge in [0.15, 0.2) is 0 Å². The first-order valence-corrected chi connectivity index (χ1v) is 6.57. The van der Waals surface area contributed by atoms with Crippen molar-refractivity contribution in [3.63, 3.8) is 0 Å². The van der Waals surface area contributed by atoms with Gasteiger partial charge in [-0.1, -0.05) is 6.07 Å². The van der Waals surface area contributed by atoms with Crippen molar-refractivity contribution >= 4 is 31.9 Å². The van der Waals surface area contributed by atoms with Crippen LogP contribution in [0.1, 0.15) is 0 Å². The zero-order valence-corrected chi connectivity index (χ0v) is 12.9. The van der Waals surface area contributed by atoms with Crippen LogP contribution in [-0.2, 0) is 10.1 Å². The maximum atomic E-state index is 11.0. The van der Waals surface area contributed by atoms with E-state index in [1.54, 1.807) is 30.5 Å². The Morgan fingerprint density at radius 2 is 1.79 bits per heavy atom. The number of aromatic nitrogens is 2. The summed E-state index contributed by atoms with van der Waals surface area (Å²) in [5.41, 5.74) is 1.18. The molecule has 2 aromatic heterocycles. The first kappa shape index (κ1) is 14.4. The largest absolute Gasteiger partial charge is 1.00 e. The second-order valence-electron chi connectivity index (χ2n) is 3.81. The molecule has 0 aliphatic rings. The molecule has 3 rings (SSSR count). The van der Waals surface area contributed by atoms with Crippen LogP contribution >= 0.6 is 0 Å². The van der Waals surface area contributed by atoms with Crippen molar-refractivity contribution in [1.82, 2.24) is 9.97 Å². The second-order valence-corrected chi connectivity index (χ2v) is 5.14. The van der Waals surface area contributed by atoms with Crippen LogP contribution < -0.4 is 29.6 Å². The Labute approximate surface area is 131 Å². The Hall–Kier alpha value is -1.05. The summed E-state index contributed by atoms with van der Waals surface area (Å²) in [6.45, 7) is 0. The molecule has 0 amide bonds. The van der Waals surface area contributed by atoms with E-state index >= 15 is 0 Å². The maximum Gasteiger partial charge on any atom is 1.00 e. The van der Waals surface area contributed by atoms with E-state index in [4.69, 9.17) is 0 Å². The zero-order valence-electron chi connectivity index (χ0n) is 10.1.